The second-order valence-electron chi connectivity index (χ2n) is 6.40. The van der Waals surface area contributed by atoms with Gasteiger partial charge >= 0.3 is 0 Å². The number of nitrogens with zero attached hydrogens (tertiary/aromatic N) is 5. The van der Waals surface area contributed by atoms with E-state index in [4.69, 9.17) is 4.98 Å². The number of aromatic nitrogens is 5. The zero-order valence-electron chi connectivity index (χ0n) is 15.1. The number of thioether (sulfide) groups is 2. The Kier molecular flexibility index (Phi) is 4.73. The minimum absolute atomic E-state index is 0.0563. The standard InChI is InChI=1S/C19H17N5OS3/c1-2-23-17(25)15-14(8-9-26-15)20-18(23)27-10-13-11-28-19-22-21-16(24(13)19)12-6-4-3-5-7-12/h3-9,13H,2,10-11H2,1H3/t13-/m0/s1. The quantitative estimate of drug-likeness (QED) is 0.352. The topological polar surface area (TPSA) is 65.6 Å². The Morgan fingerprint density at radius 3 is 2.89 bits per heavy atom. The van der Waals surface area contributed by atoms with Crippen LogP contribution in [0.15, 0.2) is 56.9 Å². The molecule has 0 N–H and O–H groups in total. The summed E-state index contributed by atoms with van der Waals surface area (Å²) in [6.07, 6.45) is 0. The first-order chi connectivity index (χ1) is 13.8. The zero-order chi connectivity index (χ0) is 19.1. The van der Waals surface area contributed by atoms with E-state index in [1.165, 1.54) is 11.3 Å². The van der Waals surface area contributed by atoms with Crippen LogP contribution in [0.2, 0.25) is 0 Å². The third kappa shape index (κ3) is 2.98. The van der Waals surface area contributed by atoms with Crippen molar-refractivity contribution in [3.05, 3.63) is 52.1 Å². The van der Waals surface area contributed by atoms with Crippen molar-refractivity contribution in [3.63, 3.8) is 0 Å². The molecule has 142 valence electrons. The summed E-state index contributed by atoms with van der Waals surface area (Å²) in [7, 11) is 0. The molecule has 0 radical (unpaired) electrons. The largest absolute Gasteiger partial charge is 0.297 e. The Labute approximate surface area is 174 Å². The Balaban J connectivity index is 1.45. The lowest BCUT2D eigenvalue weighted by molar-refractivity contribution is 0.592. The Morgan fingerprint density at radius 2 is 2.07 bits per heavy atom. The lowest BCUT2D eigenvalue weighted by atomic mass is 10.2. The fourth-order valence-electron chi connectivity index (χ4n) is 3.34. The smallest absolute Gasteiger partial charge is 0.272 e. The van der Waals surface area contributed by atoms with Crippen LogP contribution in [0.25, 0.3) is 21.6 Å². The first-order valence-electron chi connectivity index (χ1n) is 9.00. The van der Waals surface area contributed by atoms with Gasteiger partial charge in [-0.1, -0.05) is 53.9 Å². The van der Waals surface area contributed by atoms with E-state index >= 15 is 0 Å². The maximum Gasteiger partial charge on any atom is 0.272 e. The summed E-state index contributed by atoms with van der Waals surface area (Å²) in [6.45, 7) is 2.61. The molecule has 3 aromatic heterocycles. The normalized spacial score (nSPS) is 16.0. The molecule has 1 aliphatic heterocycles. The van der Waals surface area contributed by atoms with Crippen molar-refractivity contribution in [1.29, 1.82) is 0 Å². The molecule has 1 aromatic carbocycles. The molecule has 0 unspecified atom stereocenters. The van der Waals surface area contributed by atoms with Gasteiger partial charge in [0.15, 0.2) is 16.1 Å². The summed E-state index contributed by atoms with van der Waals surface area (Å²) in [6, 6.07) is 12.3. The number of hydrogen-bond acceptors (Lipinski definition) is 7. The third-order valence-electron chi connectivity index (χ3n) is 4.72. The molecule has 0 spiro atoms. The molecule has 0 fully saturated rings. The van der Waals surface area contributed by atoms with E-state index in [0.29, 0.717) is 6.54 Å². The van der Waals surface area contributed by atoms with Crippen molar-refractivity contribution in [2.24, 2.45) is 0 Å². The van der Waals surface area contributed by atoms with Gasteiger partial charge in [0.05, 0.1) is 11.6 Å². The van der Waals surface area contributed by atoms with Crippen molar-refractivity contribution >= 4 is 45.1 Å². The van der Waals surface area contributed by atoms with Gasteiger partial charge in [0.25, 0.3) is 5.56 Å². The van der Waals surface area contributed by atoms with Crippen LogP contribution in [0.5, 0.6) is 0 Å². The van der Waals surface area contributed by atoms with Gasteiger partial charge in [-0.25, -0.2) is 4.98 Å². The van der Waals surface area contributed by atoms with Gasteiger partial charge < -0.3 is 0 Å². The van der Waals surface area contributed by atoms with Crippen molar-refractivity contribution in [1.82, 2.24) is 24.3 Å². The van der Waals surface area contributed by atoms with Crippen LogP contribution in [-0.2, 0) is 6.54 Å². The number of thiophene rings is 1. The molecule has 1 aliphatic rings. The molecule has 0 saturated carbocycles. The van der Waals surface area contributed by atoms with E-state index in [9.17, 15) is 4.79 Å². The Morgan fingerprint density at radius 1 is 1.21 bits per heavy atom. The average Bonchev–Trinajstić information content (AvgIpc) is 3.44. The van der Waals surface area contributed by atoms with Gasteiger partial charge in [0, 0.05) is 23.6 Å². The molecule has 5 rings (SSSR count). The Bertz CT molecular complexity index is 1200. The van der Waals surface area contributed by atoms with E-state index in [2.05, 4.69) is 26.9 Å². The predicted molar refractivity (Wildman–Crippen MR) is 115 cm³/mol. The van der Waals surface area contributed by atoms with Gasteiger partial charge in [-0.2, -0.15) is 0 Å². The molecule has 0 amide bonds. The number of fused-ring (bicyclic) bond motifs is 2. The van der Waals surface area contributed by atoms with E-state index in [1.807, 2.05) is 36.6 Å². The van der Waals surface area contributed by atoms with Crippen LogP contribution in [-0.4, -0.2) is 35.8 Å². The summed E-state index contributed by atoms with van der Waals surface area (Å²) < 4.78 is 4.73. The van der Waals surface area contributed by atoms with Crippen molar-refractivity contribution in [2.75, 3.05) is 11.5 Å². The molecule has 0 saturated heterocycles. The number of benzene rings is 1. The summed E-state index contributed by atoms with van der Waals surface area (Å²) >= 11 is 4.83. The van der Waals surface area contributed by atoms with E-state index in [-0.39, 0.29) is 11.6 Å². The van der Waals surface area contributed by atoms with E-state index in [1.54, 1.807) is 28.1 Å². The highest BCUT2D eigenvalue weighted by Gasteiger charge is 2.29. The van der Waals surface area contributed by atoms with Gasteiger partial charge in [0.1, 0.15) is 4.70 Å². The molecule has 9 heteroatoms. The van der Waals surface area contributed by atoms with Gasteiger partial charge in [-0.15, -0.1) is 21.5 Å². The monoisotopic (exact) mass is 427 g/mol. The van der Waals surface area contributed by atoms with Crippen LogP contribution >= 0.6 is 34.9 Å². The molecular weight excluding hydrogens is 410 g/mol. The molecule has 4 heterocycles. The maximum atomic E-state index is 12.7. The van der Waals surface area contributed by atoms with Crippen LogP contribution in [0, 0.1) is 0 Å². The minimum atomic E-state index is 0.0563. The number of hydrogen-bond donors (Lipinski definition) is 0. The van der Waals surface area contributed by atoms with E-state index < -0.39 is 0 Å². The number of rotatable bonds is 5. The average molecular weight is 428 g/mol. The van der Waals surface area contributed by atoms with Crippen LogP contribution in [0.3, 0.4) is 0 Å². The van der Waals surface area contributed by atoms with Crippen molar-refractivity contribution in [3.8, 4) is 11.4 Å². The molecule has 6 nitrogen and oxygen atoms in total. The highest BCUT2D eigenvalue weighted by atomic mass is 32.2. The summed E-state index contributed by atoms with van der Waals surface area (Å²) in [5, 5.41) is 12.4. The SMILES string of the molecule is CCn1c(SC[C@H]2CSc3nnc(-c4ccccc4)n32)nc2ccsc2c1=O. The summed E-state index contributed by atoms with van der Waals surface area (Å²) in [4.78, 5) is 17.5. The first-order valence-corrected chi connectivity index (χ1v) is 11.8. The molecule has 0 bridgehead atoms. The second kappa shape index (κ2) is 7.38. The van der Waals surface area contributed by atoms with Gasteiger partial charge in [-0.3, -0.25) is 13.9 Å². The lowest BCUT2D eigenvalue weighted by Crippen LogP contribution is -2.22. The second-order valence-corrected chi connectivity index (χ2v) is 9.29. The van der Waals surface area contributed by atoms with Crippen LogP contribution in [0.4, 0.5) is 0 Å². The highest BCUT2D eigenvalue weighted by Crippen LogP contribution is 2.38. The zero-order valence-corrected chi connectivity index (χ0v) is 17.6. The summed E-state index contributed by atoms with van der Waals surface area (Å²) in [5.41, 5.74) is 1.92. The first kappa shape index (κ1) is 18.0. The van der Waals surface area contributed by atoms with E-state index in [0.717, 1.165) is 43.4 Å². The fourth-order valence-corrected chi connectivity index (χ4v) is 6.49. The maximum absolute atomic E-state index is 12.7. The summed E-state index contributed by atoms with van der Waals surface area (Å²) in [5.74, 6) is 2.68. The third-order valence-corrected chi connectivity index (χ3v) is 7.82. The molecule has 1 atom stereocenters. The lowest BCUT2D eigenvalue weighted by Gasteiger charge is -2.15. The van der Waals surface area contributed by atoms with Gasteiger partial charge in [0.2, 0.25) is 0 Å². The molecule has 4 aromatic rings. The van der Waals surface area contributed by atoms with Crippen LogP contribution in [0.1, 0.15) is 13.0 Å². The molecular formula is C19H17N5OS3. The molecule has 28 heavy (non-hydrogen) atoms. The fraction of sp³-hybridized carbons (Fsp3) is 0.263. The van der Waals surface area contributed by atoms with Crippen molar-refractivity contribution in [2.45, 2.75) is 29.8 Å². The predicted octanol–water partition coefficient (Wildman–Crippen LogP) is 4.18. The minimum Gasteiger partial charge on any atom is -0.297 e. The Hall–Kier alpha value is -2.10. The highest BCUT2D eigenvalue weighted by molar-refractivity contribution is 8.00. The van der Waals surface area contributed by atoms with Crippen LogP contribution < -0.4 is 5.56 Å². The van der Waals surface area contributed by atoms with Crippen molar-refractivity contribution < 1.29 is 0 Å². The molecule has 0 aliphatic carbocycles. The van der Waals surface area contributed by atoms with Gasteiger partial charge in [-0.05, 0) is 18.4 Å².